The first-order chi connectivity index (χ1) is 16.4. The van der Waals surface area contributed by atoms with E-state index in [4.69, 9.17) is 9.47 Å². The Balaban J connectivity index is 1.52. The highest BCUT2D eigenvalue weighted by molar-refractivity contribution is 5.87. The van der Waals surface area contributed by atoms with Crippen LogP contribution in [-0.2, 0) is 14.3 Å². The van der Waals surface area contributed by atoms with Gasteiger partial charge in [0.05, 0.1) is 31.0 Å². The summed E-state index contributed by atoms with van der Waals surface area (Å²) in [5.41, 5.74) is 1.35. The van der Waals surface area contributed by atoms with E-state index in [1.54, 1.807) is 12.0 Å². The Labute approximate surface area is 198 Å². The van der Waals surface area contributed by atoms with Crippen molar-refractivity contribution < 1.29 is 24.2 Å². The minimum Gasteiger partial charge on any atom is -0.496 e. The Hall–Kier alpha value is -3.13. The van der Waals surface area contributed by atoms with Gasteiger partial charge in [0.1, 0.15) is 18.0 Å². The van der Waals surface area contributed by atoms with Gasteiger partial charge in [-0.1, -0.05) is 6.07 Å². The number of nitrogens with one attached hydrogen (secondary N) is 3. The lowest BCUT2D eigenvalue weighted by Crippen LogP contribution is -2.48. The van der Waals surface area contributed by atoms with Crippen molar-refractivity contribution >= 4 is 22.7 Å². The molecule has 1 unspecified atom stereocenters. The molecule has 1 aromatic heterocycles. The topological polar surface area (TPSA) is 140 Å². The fraction of sp³-hybridized carbons (Fsp3) is 0.542. The summed E-state index contributed by atoms with van der Waals surface area (Å²) in [4.78, 5) is 30.0. The number of hydrogen-bond acceptors (Lipinski definition) is 7. The number of aromatic amines is 1. The molecular formula is C24H31N5O5. The largest absolute Gasteiger partial charge is 0.496 e. The molecule has 2 aromatic rings. The Kier molecular flexibility index (Phi) is 7.36. The van der Waals surface area contributed by atoms with Crippen LogP contribution in [-0.4, -0.2) is 71.8 Å². The Morgan fingerprint density at radius 2 is 2.26 bits per heavy atom. The van der Waals surface area contributed by atoms with Crippen molar-refractivity contribution in [1.29, 1.82) is 5.26 Å². The van der Waals surface area contributed by atoms with Gasteiger partial charge < -0.3 is 30.2 Å². The van der Waals surface area contributed by atoms with Gasteiger partial charge in [-0.2, -0.15) is 5.26 Å². The smallest absolute Gasteiger partial charge is 0.238 e. The zero-order chi connectivity index (χ0) is 24.2. The number of amides is 2. The summed E-state index contributed by atoms with van der Waals surface area (Å²) in [5.74, 6) is -0.0476. The SMILES string of the molecule is CCO[C@@H]1C[C@@H](C(=O)N[C@H](C#N)C[C@@H]2CCNC2=O)N(C(O)c2cc3c(OC)cccc3[nH]2)C1. The number of aliphatic hydroxyl groups excluding tert-OH is 1. The van der Waals surface area contributed by atoms with Gasteiger partial charge in [-0.25, -0.2) is 0 Å². The van der Waals surface area contributed by atoms with Crippen molar-refractivity contribution in [3.05, 3.63) is 30.0 Å². The molecule has 2 fully saturated rings. The number of carbonyl (C=O) groups excluding carboxylic acids is 2. The van der Waals surface area contributed by atoms with Crippen molar-refractivity contribution in [1.82, 2.24) is 20.5 Å². The Morgan fingerprint density at radius 3 is 2.94 bits per heavy atom. The normalized spacial score (nSPS) is 24.5. The first-order valence-electron chi connectivity index (χ1n) is 11.6. The maximum Gasteiger partial charge on any atom is 0.238 e. The van der Waals surface area contributed by atoms with Crippen molar-refractivity contribution in [2.75, 3.05) is 26.8 Å². The zero-order valence-electron chi connectivity index (χ0n) is 19.4. The molecule has 0 saturated carbocycles. The van der Waals surface area contributed by atoms with E-state index in [2.05, 4.69) is 21.7 Å². The van der Waals surface area contributed by atoms with Crippen molar-refractivity contribution in [3.8, 4) is 11.8 Å². The van der Waals surface area contributed by atoms with Crippen LogP contribution in [0, 0.1) is 17.2 Å². The van der Waals surface area contributed by atoms with Gasteiger partial charge in [-0.05, 0) is 44.4 Å². The van der Waals surface area contributed by atoms with E-state index in [0.29, 0.717) is 44.0 Å². The first kappa shape index (κ1) is 24.0. The molecule has 0 bridgehead atoms. The van der Waals surface area contributed by atoms with Crippen LogP contribution in [0.25, 0.3) is 10.9 Å². The molecule has 2 amide bonds. The highest BCUT2D eigenvalue weighted by Crippen LogP contribution is 2.33. The molecule has 0 aliphatic carbocycles. The summed E-state index contributed by atoms with van der Waals surface area (Å²) in [5, 5.41) is 27.2. The summed E-state index contributed by atoms with van der Waals surface area (Å²) in [6.45, 7) is 3.33. The predicted octanol–water partition coefficient (Wildman–Crippen LogP) is 1.18. The van der Waals surface area contributed by atoms with E-state index < -0.39 is 18.3 Å². The van der Waals surface area contributed by atoms with Crippen LogP contribution in [0.5, 0.6) is 5.75 Å². The van der Waals surface area contributed by atoms with Crippen molar-refractivity contribution in [2.24, 2.45) is 5.92 Å². The number of H-pyrrole nitrogens is 1. The highest BCUT2D eigenvalue weighted by Gasteiger charge is 2.42. The number of benzene rings is 1. The van der Waals surface area contributed by atoms with Gasteiger partial charge in [-0.15, -0.1) is 0 Å². The number of nitriles is 1. The summed E-state index contributed by atoms with van der Waals surface area (Å²) in [6.07, 6.45) is -0.00490. The summed E-state index contributed by atoms with van der Waals surface area (Å²) >= 11 is 0. The lowest BCUT2D eigenvalue weighted by Gasteiger charge is -2.28. The molecule has 0 spiro atoms. The second-order valence-electron chi connectivity index (χ2n) is 8.75. The average Bonchev–Trinajstić information content (AvgIpc) is 3.56. The Bertz CT molecular complexity index is 1080. The first-order valence-corrected chi connectivity index (χ1v) is 11.6. The van der Waals surface area contributed by atoms with E-state index in [0.717, 1.165) is 10.9 Å². The molecule has 182 valence electrons. The molecule has 10 heteroatoms. The number of ether oxygens (including phenoxy) is 2. The molecule has 4 rings (SSSR count). The van der Waals surface area contributed by atoms with E-state index in [1.165, 1.54) is 0 Å². The van der Waals surface area contributed by atoms with E-state index in [1.807, 2.05) is 31.2 Å². The fourth-order valence-corrected chi connectivity index (χ4v) is 4.92. The molecule has 3 heterocycles. The van der Waals surface area contributed by atoms with Gasteiger partial charge in [0, 0.05) is 36.5 Å². The van der Waals surface area contributed by atoms with Crippen LogP contribution >= 0.6 is 0 Å². The second-order valence-corrected chi connectivity index (χ2v) is 8.75. The standard InChI is InChI=1S/C24H31N5O5/c1-3-34-16-10-20(23(31)27-15(12-25)9-14-7-8-26-22(14)30)29(13-16)24(32)19-11-17-18(28-19)5-4-6-21(17)33-2/h4-6,11,14-16,20,24,28,32H,3,7-10,13H2,1-2H3,(H,26,30)(H,27,31)/t14-,15-,16+,20-,24?/m0/s1. The third kappa shape index (κ3) is 4.87. The van der Waals surface area contributed by atoms with E-state index in [9.17, 15) is 20.0 Å². The van der Waals surface area contributed by atoms with Gasteiger partial charge in [0.15, 0.2) is 0 Å². The fourth-order valence-electron chi connectivity index (χ4n) is 4.92. The predicted molar refractivity (Wildman–Crippen MR) is 124 cm³/mol. The van der Waals surface area contributed by atoms with Crippen molar-refractivity contribution in [2.45, 2.75) is 50.6 Å². The number of likely N-dealkylation sites (tertiary alicyclic amines) is 1. The van der Waals surface area contributed by atoms with Crippen LogP contribution in [0.3, 0.4) is 0 Å². The minimum absolute atomic E-state index is 0.0851. The van der Waals surface area contributed by atoms with Crippen LogP contribution in [0.4, 0.5) is 0 Å². The third-order valence-electron chi connectivity index (χ3n) is 6.62. The molecule has 0 radical (unpaired) electrons. The molecule has 4 N–H and O–H groups in total. The number of aromatic nitrogens is 1. The quantitative estimate of drug-likeness (QED) is 0.432. The molecule has 10 nitrogen and oxygen atoms in total. The number of methoxy groups -OCH3 is 1. The molecular weight excluding hydrogens is 438 g/mol. The number of nitrogens with zero attached hydrogens (tertiary/aromatic N) is 2. The average molecular weight is 470 g/mol. The highest BCUT2D eigenvalue weighted by atomic mass is 16.5. The van der Waals surface area contributed by atoms with Gasteiger partial charge in [0.2, 0.25) is 11.8 Å². The Morgan fingerprint density at radius 1 is 1.44 bits per heavy atom. The summed E-state index contributed by atoms with van der Waals surface area (Å²) < 4.78 is 11.2. The molecule has 2 saturated heterocycles. The molecule has 34 heavy (non-hydrogen) atoms. The minimum atomic E-state index is -1.08. The number of hydrogen-bond donors (Lipinski definition) is 4. The maximum atomic E-state index is 13.2. The number of aliphatic hydroxyl groups is 1. The van der Waals surface area contributed by atoms with Crippen LogP contribution in [0.1, 0.15) is 38.1 Å². The second kappa shape index (κ2) is 10.4. The summed E-state index contributed by atoms with van der Waals surface area (Å²) in [7, 11) is 1.59. The lowest BCUT2D eigenvalue weighted by molar-refractivity contribution is -0.130. The molecule has 2 aliphatic heterocycles. The third-order valence-corrected chi connectivity index (χ3v) is 6.62. The zero-order valence-corrected chi connectivity index (χ0v) is 19.4. The number of fused-ring (bicyclic) bond motifs is 1. The lowest BCUT2D eigenvalue weighted by atomic mass is 9.98. The number of carbonyl (C=O) groups is 2. The van der Waals surface area contributed by atoms with Crippen LogP contribution in [0.15, 0.2) is 24.3 Å². The summed E-state index contributed by atoms with van der Waals surface area (Å²) in [6, 6.07) is 8.04. The maximum absolute atomic E-state index is 13.2. The van der Waals surface area contributed by atoms with Gasteiger partial charge >= 0.3 is 0 Å². The molecule has 5 atom stereocenters. The van der Waals surface area contributed by atoms with Gasteiger partial charge in [0.25, 0.3) is 0 Å². The van der Waals surface area contributed by atoms with Crippen LogP contribution in [0.2, 0.25) is 0 Å². The van der Waals surface area contributed by atoms with E-state index in [-0.39, 0.29) is 30.3 Å². The molecule has 2 aliphatic rings. The number of rotatable bonds is 9. The van der Waals surface area contributed by atoms with Gasteiger partial charge in [-0.3, -0.25) is 14.5 Å². The van der Waals surface area contributed by atoms with E-state index >= 15 is 0 Å². The van der Waals surface area contributed by atoms with Crippen molar-refractivity contribution in [3.63, 3.8) is 0 Å². The monoisotopic (exact) mass is 469 g/mol. The van der Waals surface area contributed by atoms with Crippen LogP contribution < -0.4 is 15.4 Å². The molecule has 1 aromatic carbocycles.